The number of carbonyl (C=O) groups excluding carboxylic acids is 1. The van der Waals surface area contributed by atoms with Crippen LogP contribution in [0.5, 0.6) is 0 Å². The molecule has 2 aromatic carbocycles. The number of nitrogens with zero attached hydrogens (tertiary/aromatic N) is 1. The van der Waals surface area contributed by atoms with E-state index in [1.807, 2.05) is 41.3 Å². The van der Waals surface area contributed by atoms with E-state index in [0.717, 1.165) is 11.3 Å². The third-order valence-electron chi connectivity index (χ3n) is 3.67. The van der Waals surface area contributed by atoms with Crippen molar-refractivity contribution in [3.05, 3.63) is 64.1 Å². The summed E-state index contributed by atoms with van der Waals surface area (Å²) < 4.78 is 5.18. The lowest BCUT2D eigenvalue weighted by molar-refractivity contribution is -0.142. The molecule has 3 nitrogen and oxygen atoms in total. The normalized spacial score (nSPS) is 19.9. The molecule has 0 aromatic heterocycles. The fraction of sp³-hybridized carbons (Fsp3) is 0.235. The van der Waals surface area contributed by atoms with Crippen molar-refractivity contribution < 1.29 is 9.53 Å². The Hall–Kier alpha value is -1.71. The summed E-state index contributed by atoms with van der Waals surface area (Å²) in [6.45, 7) is 2.16. The number of esters is 1. The summed E-state index contributed by atoms with van der Waals surface area (Å²) in [6.07, 6.45) is 0. The highest BCUT2D eigenvalue weighted by Gasteiger charge is 2.55. The van der Waals surface area contributed by atoms with Crippen molar-refractivity contribution in [2.75, 3.05) is 11.5 Å². The fourth-order valence-electron chi connectivity index (χ4n) is 2.68. The molecule has 0 radical (unpaired) electrons. The molecule has 1 fully saturated rings. The van der Waals surface area contributed by atoms with E-state index in [0.29, 0.717) is 16.7 Å². The minimum absolute atomic E-state index is 0.119. The molecule has 0 saturated carbocycles. The Balaban J connectivity index is 1.95. The average molecular weight is 336 g/mol. The molecule has 2 atom stereocenters. The van der Waals surface area contributed by atoms with Gasteiger partial charge in [-0.15, -0.1) is 0 Å². The van der Waals surface area contributed by atoms with E-state index >= 15 is 0 Å². The van der Waals surface area contributed by atoms with Crippen LogP contribution in [0.25, 0.3) is 0 Å². The van der Waals surface area contributed by atoms with Crippen LogP contribution in [-0.2, 0) is 9.53 Å². The monoisotopic (exact) mass is 335 g/mol. The van der Waals surface area contributed by atoms with Gasteiger partial charge in [0.05, 0.1) is 12.6 Å². The molecule has 114 valence electrons. The molecule has 1 heterocycles. The molecule has 0 unspecified atom stereocenters. The van der Waals surface area contributed by atoms with Crippen molar-refractivity contribution >= 4 is 34.9 Å². The fourth-order valence-corrected chi connectivity index (χ4v) is 3.20. The van der Waals surface area contributed by atoms with Crippen LogP contribution in [0.3, 0.4) is 0 Å². The Labute approximate surface area is 139 Å². The number of rotatable bonds is 4. The van der Waals surface area contributed by atoms with Crippen molar-refractivity contribution in [3.8, 4) is 0 Å². The minimum atomic E-state index is -0.346. The van der Waals surface area contributed by atoms with Crippen LogP contribution >= 0.6 is 23.2 Å². The van der Waals surface area contributed by atoms with Crippen LogP contribution in [0.1, 0.15) is 18.5 Å². The number of ether oxygens (including phenoxy) is 1. The van der Waals surface area contributed by atoms with Gasteiger partial charge in [0.2, 0.25) is 0 Å². The van der Waals surface area contributed by atoms with Gasteiger partial charge in [0.25, 0.3) is 0 Å². The highest BCUT2D eigenvalue weighted by molar-refractivity contribution is 6.35. The van der Waals surface area contributed by atoms with Gasteiger partial charge < -0.3 is 9.64 Å². The number of benzene rings is 2. The van der Waals surface area contributed by atoms with Crippen molar-refractivity contribution in [1.82, 2.24) is 0 Å². The van der Waals surface area contributed by atoms with Crippen molar-refractivity contribution in [3.63, 3.8) is 0 Å². The summed E-state index contributed by atoms with van der Waals surface area (Å²) >= 11 is 12.3. The second kappa shape index (κ2) is 6.19. The van der Waals surface area contributed by atoms with Crippen molar-refractivity contribution in [2.24, 2.45) is 0 Å². The highest BCUT2D eigenvalue weighted by atomic mass is 35.5. The van der Waals surface area contributed by atoms with Crippen LogP contribution < -0.4 is 4.90 Å². The van der Waals surface area contributed by atoms with Gasteiger partial charge in [-0.25, -0.2) is 4.79 Å². The maximum Gasteiger partial charge on any atom is 0.331 e. The summed E-state index contributed by atoms with van der Waals surface area (Å²) in [5.41, 5.74) is 1.85. The van der Waals surface area contributed by atoms with Gasteiger partial charge in [-0.1, -0.05) is 47.5 Å². The largest absolute Gasteiger partial charge is 0.464 e. The zero-order chi connectivity index (χ0) is 15.7. The zero-order valence-electron chi connectivity index (χ0n) is 12.0. The SMILES string of the molecule is CCOC(=O)[C@H]1[C@@H](c2ccc(Cl)cc2Cl)N1c1ccccc1. The van der Waals surface area contributed by atoms with Crippen LogP contribution in [0, 0.1) is 0 Å². The number of para-hydroxylation sites is 1. The molecular weight excluding hydrogens is 321 g/mol. The van der Waals surface area contributed by atoms with E-state index in [2.05, 4.69) is 0 Å². The Morgan fingerprint density at radius 3 is 2.55 bits per heavy atom. The number of hydrogen-bond acceptors (Lipinski definition) is 3. The summed E-state index contributed by atoms with van der Waals surface area (Å²) in [5, 5.41) is 1.14. The van der Waals surface area contributed by atoms with Crippen LogP contribution in [0.15, 0.2) is 48.5 Å². The number of halogens is 2. The quantitative estimate of drug-likeness (QED) is 0.609. The van der Waals surface area contributed by atoms with Crippen molar-refractivity contribution in [1.29, 1.82) is 0 Å². The first-order chi connectivity index (χ1) is 10.6. The summed E-state index contributed by atoms with van der Waals surface area (Å²) in [6, 6.07) is 14.6. The van der Waals surface area contributed by atoms with E-state index in [9.17, 15) is 4.79 Å². The molecule has 0 N–H and O–H groups in total. The van der Waals surface area contributed by atoms with Gasteiger partial charge >= 0.3 is 5.97 Å². The third-order valence-corrected chi connectivity index (χ3v) is 4.23. The third kappa shape index (κ3) is 2.79. The first kappa shape index (κ1) is 15.2. The van der Waals surface area contributed by atoms with Gasteiger partial charge in [-0.3, -0.25) is 0 Å². The number of carbonyl (C=O) groups is 1. The molecule has 1 aliphatic heterocycles. The molecule has 0 spiro atoms. The van der Waals surface area contributed by atoms with E-state index in [4.69, 9.17) is 27.9 Å². The molecular formula is C17H15Cl2NO2. The number of hydrogen-bond donors (Lipinski definition) is 0. The van der Waals surface area contributed by atoms with E-state index < -0.39 is 0 Å². The first-order valence-electron chi connectivity index (χ1n) is 7.08. The molecule has 1 aliphatic rings. The lowest BCUT2D eigenvalue weighted by Crippen LogP contribution is -2.15. The Morgan fingerprint density at radius 2 is 1.91 bits per heavy atom. The number of anilines is 1. The second-order valence-corrected chi connectivity index (χ2v) is 5.89. The molecule has 1 saturated heterocycles. The summed E-state index contributed by atoms with van der Waals surface area (Å²) in [4.78, 5) is 14.2. The first-order valence-corrected chi connectivity index (χ1v) is 7.84. The van der Waals surface area contributed by atoms with Gasteiger partial charge in [0.15, 0.2) is 6.04 Å². The molecule has 5 heteroatoms. The molecule has 0 bridgehead atoms. The van der Waals surface area contributed by atoms with Gasteiger partial charge in [0.1, 0.15) is 0 Å². The summed E-state index contributed by atoms with van der Waals surface area (Å²) in [5.74, 6) is -0.234. The highest BCUT2D eigenvalue weighted by Crippen LogP contribution is 2.49. The van der Waals surface area contributed by atoms with E-state index in [1.54, 1.807) is 19.1 Å². The van der Waals surface area contributed by atoms with E-state index in [-0.39, 0.29) is 18.1 Å². The minimum Gasteiger partial charge on any atom is -0.464 e. The molecule has 3 rings (SSSR count). The maximum atomic E-state index is 12.2. The standard InChI is InChI=1S/C17H15Cl2NO2/c1-2-22-17(21)16-15(13-9-8-11(18)10-14(13)19)20(16)12-6-4-3-5-7-12/h3-10,15-16H,2H2,1H3/t15-,16-,20?/m1/s1. The predicted octanol–water partition coefficient (Wildman–Crippen LogP) is 4.49. The molecule has 2 aromatic rings. The lowest BCUT2D eigenvalue weighted by Gasteiger charge is -2.07. The van der Waals surface area contributed by atoms with Gasteiger partial charge in [-0.2, -0.15) is 0 Å². The Bertz CT molecular complexity index is 690. The topological polar surface area (TPSA) is 29.3 Å². The Morgan fingerprint density at radius 1 is 1.18 bits per heavy atom. The lowest BCUT2D eigenvalue weighted by atomic mass is 10.1. The van der Waals surface area contributed by atoms with Crippen molar-refractivity contribution in [2.45, 2.75) is 19.0 Å². The molecule has 0 amide bonds. The van der Waals surface area contributed by atoms with Gasteiger partial charge in [0, 0.05) is 15.7 Å². The van der Waals surface area contributed by atoms with E-state index in [1.165, 1.54) is 0 Å². The summed E-state index contributed by atoms with van der Waals surface area (Å²) in [7, 11) is 0. The maximum absolute atomic E-state index is 12.2. The molecule has 0 aliphatic carbocycles. The van der Waals surface area contributed by atoms with Crippen LogP contribution in [0.4, 0.5) is 5.69 Å². The van der Waals surface area contributed by atoms with Gasteiger partial charge in [-0.05, 0) is 36.8 Å². The average Bonchev–Trinajstić information content (AvgIpc) is 3.23. The molecule has 22 heavy (non-hydrogen) atoms. The second-order valence-electron chi connectivity index (χ2n) is 5.05. The smallest absolute Gasteiger partial charge is 0.331 e. The Kier molecular flexibility index (Phi) is 4.27. The van der Waals surface area contributed by atoms with Crippen LogP contribution in [-0.4, -0.2) is 18.6 Å². The zero-order valence-corrected chi connectivity index (χ0v) is 13.5. The predicted molar refractivity (Wildman–Crippen MR) is 88.5 cm³/mol. The van der Waals surface area contributed by atoms with Crippen LogP contribution in [0.2, 0.25) is 10.0 Å².